The van der Waals surface area contributed by atoms with E-state index in [0.29, 0.717) is 19.3 Å². The molecule has 1 unspecified atom stereocenters. The van der Waals surface area contributed by atoms with Crippen LogP contribution >= 0.6 is 0 Å². The highest BCUT2D eigenvalue weighted by molar-refractivity contribution is 5.71. The Balaban J connectivity index is 4.24. The van der Waals surface area contributed by atoms with Gasteiger partial charge in [-0.2, -0.15) is 0 Å². The molecular formula is C68H122O6. The van der Waals surface area contributed by atoms with Gasteiger partial charge in [-0.25, -0.2) is 0 Å². The molecule has 6 heteroatoms. The van der Waals surface area contributed by atoms with Crippen LogP contribution in [0.4, 0.5) is 0 Å². The lowest BCUT2D eigenvalue weighted by molar-refractivity contribution is -0.167. The van der Waals surface area contributed by atoms with Crippen molar-refractivity contribution >= 4 is 17.9 Å². The maximum atomic E-state index is 12.9. The highest BCUT2D eigenvalue weighted by atomic mass is 16.6. The summed E-state index contributed by atoms with van der Waals surface area (Å²) in [5.74, 6) is -0.896. The molecular weight excluding hydrogens is 913 g/mol. The number of hydrogen-bond acceptors (Lipinski definition) is 6. The molecule has 0 saturated carbocycles. The van der Waals surface area contributed by atoms with Crippen molar-refractivity contribution in [2.24, 2.45) is 0 Å². The molecule has 0 N–H and O–H groups in total. The monoisotopic (exact) mass is 1030 g/mol. The molecule has 6 nitrogen and oxygen atoms in total. The molecule has 0 rings (SSSR count). The number of hydrogen-bond donors (Lipinski definition) is 0. The van der Waals surface area contributed by atoms with E-state index in [9.17, 15) is 14.4 Å². The number of rotatable bonds is 59. The van der Waals surface area contributed by atoms with Crippen LogP contribution in [0, 0.1) is 0 Å². The van der Waals surface area contributed by atoms with E-state index in [1.807, 2.05) is 0 Å². The molecule has 0 aliphatic heterocycles. The van der Waals surface area contributed by atoms with Crippen LogP contribution in [0.5, 0.6) is 0 Å². The summed E-state index contributed by atoms with van der Waals surface area (Å²) in [4.78, 5) is 38.3. The molecule has 0 saturated heterocycles. The first kappa shape index (κ1) is 71.1. The van der Waals surface area contributed by atoms with E-state index in [4.69, 9.17) is 14.2 Å². The van der Waals surface area contributed by atoms with Crippen LogP contribution in [0.25, 0.3) is 0 Å². The van der Waals surface area contributed by atoms with Gasteiger partial charge in [-0.3, -0.25) is 14.4 Å². The molecule has 0 aromatic heterocycles. The van der Waals surface area contributed by atoms with Crippen molar-refractivity contribution in [3.8, 4) is 0 Å². The van der Waals surface area contributed by atoms with E-state index < -0.39 is 6.10 Å². The summed E-state index contributed by atoms with van der Waals surface area (Å²) in [6, 6.07) is 0. The number of esters is 3. The fourth-order valence-corrected chi connectivity index (χ4v) is 9.31. The fourth-order valence-electron chi connectivity index (χ4n) is 9.31. The minimum atomic E-state index is -0.787. The van der Waals surface area contributed by atoms with E-state index in [1.54, 1.807) is 0 Å². The summed E-state index contributed by atoms with van der Waals surface area (Å²) in [6.45, 7) is 6.59. The lowest BCUT2D eigenvalue weighted by Crippen LogP contribution is -2.30. The summed E-state index contributed by atoms with van der Waals surface area (Å²) in [5, 5.41) is 0. The van der Waals surface area contributed by atoms with Crippen LogP contribution in [-0.4, -0.2) is 37.2 Å². The zero-order chi connectivity index (χ0) is 53.6. The molecule has 74 heavy (non-hydrogen) atoms. The first-order valence-corrected chi connectivity index (χ1v) is 32.3. The summed E-state index contributed by atoms with van der Waals surface area (Å²) in [7, 11) is 0. The second kappa shape index (κ2) is 62.6. The van der Waals surface area contributed by atoms with Crippen molar-refractivity contribution in [2.75, 3.05) is 13.2 Å². The van der Waals surface area contributed by atoms with Crippen LogP contribution in [-0.2, 0) is 28.6 Å². The molecule has 0 bridgehead atoms. The van der Waals surface area contributed by atoms with Gasteiger partial charge in [0.15, 0.2) is 6.10 Å². The van der Waals surface area contributed by atoms with Gasteiger partial charge in [0.05, 0.1) is 0 Å². The topological polar surface area (TPSA) is 78.9 Å². The number of carbonyl (C=O) groups is 3. The fraction of sp³-hybridized carbons (Fsp3) is 0.809. The summed E-state index contributed by atoms with van der Waals surface area (Å²) >= 11 is 0. The predicted molar refractivity (Wildman–Crippen MR) is 321 cm³/mol. The molecule has 0 heterocycles. The van der Waals surface area contributed by atoms with Gasteiger partial charge in [-0.05, 0) is 103 Å². The van der Waals surface area contributed by atoms with E-state index >= 15 is 0 Å². The smallest absolute Gasteiger partial charge is 0.306 e. The van der Waals surface area contributed by atoms with Crippen molar-refractivity contribution in [3.05, 3.63) is 60.8 Å². The van der Waals surface area contributed by atoms with Crippen LogP contribution in [0.3, 0.4) is 0 Å². The Bertz CT molecular complexity index is 1330. The standard InChI is InChI=1S/C68H122O6/c1-4-7-10-13-16-19-22-25-28-29-30-31-32-33-34-35-36-37-38-39-41-43-46-49-52-55-58-61-67(70)73-64-65(63-72-66(69)60-57-54-51-48-45-42-27-24-21-18-15-12-9-6-3)74-68(71)62-59-56-53-50-47-44-40-26-23-20-17-14-11-8-5-2/h15,17-18,20,24,26-27,29-30,40,65H,4-14,16,19,21-23,25,28,31-39,41-64H2,1-3H3/b18-15-,20-17-,27-24-,30-29-,40-26-. The molecule has 0 radical (unpaired) electrons. The van der Waals surface area contributed by atoms with E-state index in [-0.39, 0.29) is 31.1 Å². The van der Waals surface area contributed by atoms with Gasteiger partial charge < -0.3 is 14.2 Å². The number of unbranched alkanes of at least 4 members (excludes halogenated alkanes) is 38. The van der Waals surface area contributed by atoms with Crippen molar-refractivity contribution in [3.63, 3.8) is 0 Å². The van der Waals surface area contributed by atoms with E-state index in [1.165, 1.54) is 193 Å². The van der Waals surface area contributed by atoms with Gasteiger partial charge in [0.1, 0.15) is 13.2 Å². The Labute approximate surface area is 460 Å². The lowest BCUT2D eigenvalue weighted by atomic mass is 10.0. The number of ether oxygens (including phenoxy) is 3. The quantitative estimate of drug-likeness (QED) is 0.0261. The van der Waals surface area contributed by atoms with Gasteiger partial charge in [0.2, 0.25) is 0 Å². The largest absolute Gasteiger partial charge is 0.462 e. The summed E-state index contributed by atoms with van der Waals surface area (Å²) in [5.41, 5.74) is 0. The maximum absolute atomic E-state index is 12.9. The first-order chi connectivity index (χ1) is 36.5. The van der Waals surface area contributed by atoms with E-state index in [2.05, 4.69) is 81.5 Å². The molecule has 0 aliphatic carbocycles. The molecule has 430 valence electrons. The Kier molecular flexibility index (Phi) is 60.2. The molecule has 0 spiro atoms. The molecule has 0 amide bonds. The molecule has 0 aromatic carbocycles. The third kappa shape index (κ3) is 60.0. The van der Waals surface area contributed by atoms with Crippen LogP contribution in [0.15, 0.2) is 60.8 Å². The van der Waals surface area contributed by atoms with Crippen molar-refractivity contribution in [1.29, 1.82) is 0 Å². The van der Waals surface area contributed by atoms with E-state index in [0.717, 1.165) is 103 Å². The normalized spacial score (nSPS) is 12.4. The van der Waals surface area contributed by atoms with Crippen molar-refractivity contribution in [2.45, 2.75) is 341 Å². The zero-order valence-corrected chi connectivity index (χ0v) is 49.4. The number of carbonyl (C=O) groups excluding carboxylic acids is 3. The minimum Gasteiger partial charge on any atom is -0.462 e. The maximum Gasteiger partial charge on any atom is 0.306 e. The second-order valence-corrected chi connectivity index (χ2v) is 21.7. The van der Waals surface area contributed by atoms with Gasteiger partial charge in [0, 0.05) is 19.3 Å². The van der Waals surface area contributed by atoms with Crippen LogP contribution < -0.4 is 0 Å². The first-order valence-electron chi connectivity index (χ1n) is 32.3. The lowest BCUT2D eigenvalue weighted by Gasteiger charge is -2.18. The summed E-state index contributed by atoms with van der Waals surface area (Å²) < 4.78 is 16.9. The van der Waals surface area contributed by atoms with Crippen LogP contribution in [0.1, 0.15) is 335 Å². The summed E-state index contributed by atoms with van der Waals surface area (Å²) in [6.07, 6.45) is 79.5. The Morgan fingerprint density at radius 1 is 0.270 bits per heavy atom. The highest BCUT2D eigenvalue weighted by Gasteiger charge is 2.19. The minimum absolute atomic E-state index is 0.0824. The molecule has 1 atom stereocenters. The predicted octanol–water partition coefficient (Wildman–Crippen LogP) is 21.9. The van der Waals surface area contributed by atoms with Crippen molar-refractivity contribution in [1.82, 2.24) is 0 Å². The van der Waals surface area contributed by atoms with Crippen molar-refractivity contribution < 1.29 is 28.6 Å². The Morgan fingerprint density at radius 3 is 0.824 bits per heavy atom. The molecule has 0 aliphatic rings. The Hall–Kier alpha value is -2.89. The second-order valence-electron chi connectivity index (χ2n) is 21.7. The third-order valence-corrected chi connectivity index (χ3v) is 14.2. The Morgan fingerprint density at radius 2 is 0.500 bits per heavy atom. The van der Waals surface area contributed by atoms with Gasteiger partial charge >= 0.3 is 17.9 Å². The third-order valence-electron chi connectivity index (χ3n) is 14.2. The van der Waals surface area contributed by atoms with Gasteiger partial charge in [-0.1, -0.05) is 274 Å². The molecule has 0 aromatic rings. The van der Waals surface area contributed by atoms with Gasteiger partial charge in [0.25, 0.3) is 0 Å². The zero-order valence-electron chi connectivity index (χ0n) is 49.4. The highest BCUT2D eigenvalue weighted by Crippen LogP contribution is 2.17. The SMILES string of the molecule is CCCC/C=C\C/C=C\CCCCCCCC(=O)OCC(COC(=O)CCCCCCCCCCCCCCCCC/C=C\CCCCCCCCCC)OC(=O)CCCCCCC/C=C\C/C=C\CCCCC. The van der Waals surface area contributed by atoms with Crippen LogP contribution in [0.2, 0.25) is 0 Å². The molecule has 0 fully saturated rings. The average molecular weight is 1040 g/mol. The average Bonchev–Trinajstić information content (AvgIpc) is 3.40. The van der Waals surface area contributed by atoms with Gasteiger partial charge in [-0.15, -0.1) is 0 Å². The number of allylic oxidation sites excluding steroid dienone is 10.